The molecule has 2 aromatic heterocycles. The molecule has 1 fully saturated rings. The van der Waals surface area contributed by atoms with E-state index in [1.807, 2.05) is 13.1 Å². The van der Waals surface area contributed by atoms with Crippen molar-refractivity contribution < 1.29 is 9.18 Å². The van der Waals surface area contributed by atoms with Gasteiger partial charge in [0, 0.05) is 24.0 Å². The number of carbonyl (C=O) groups excluding carboxylic acids is 1. The fourth-order valence-corrected chi connectivity index (χ4v) is 4.75. The smallest absolute Gasteiger partial charge is 0.261 e. The number of rotatable bonds is 3. The lowest BCUT2D eigenvalue weighted by Crippen LogP contribution is -2.40. The Kier molecular flexibility index (Phi) is 4.53. The SMILES string of the molecule is CC1CCCCC1NC(=O)c1cc2c(-c3ccccc3F)nn(C)c2s1. The highest BCUT2D eigenvalue weighted by Crippen LogP contribution is 2.35. The number of halogens is 1. The Bertz CT molecular complexity index is 961. The van der Waals surface area contributed by atoms with Crippen molar-refractivity contribution in [3.8, 4) is 11.3 Å². The van der Waals surface area contributed by atoms with Crippen LogP contribution in [0.3, 0.4) is 0 Å². The standard InChI is InChI=1S/C20H22FN3OS/c1-12-7-3-6-10-16(12)22-19(25)17-11-14-18(23-24(2)20(14)26-17)13-8-4-5-9-15(13)21/h4-5,8-9,11-12,16H,3,6-7,10H2,1-2H3,(H,22,25). The van der Waals surface area contributed by atoms with Crippen molar-refractivity contribution in [1.82, 2.24) is 15.1 Å². The number of hydrogen-bond donors (Lipinski definition) is 1. The molecule has 0 saturated heterocycles. The van der Waals surface area contributed by atoms with Crippen molar-refractivity contribution in [1.29, 1.82) is 0 Å². The molecule has 1 saturated carbocycles. The van der Waals surface area contributed by atoms with Crippen LogP contribution in [0.4, 0.5) is 4.39 Å². The summed E-state index contributed by atoms with van der Waals surface area (Å²) in [5, 5.41) is 8.48. The maximum atomic E-state index is 14.2. The minimum Gasteiger partial charge on any atom is -0.348 e. The van der Waals surface area contributed by atoms with Crippen LogP contribution in [-0.4, -0.2) is 21.7 Å². The lowest BCUT2D eigenvalue weighted by molar-refractivity contribution is 0.0914. The largest absolute Gasteiger partial charge is 0.348 e. The minimum absolute atomic E-state index is 0.0376. The number of carbonyl (C=O) groups is 1. The number of nitrogens with one attached hydrogen (secondary N) is 1. The quantitative estimate of drug-likeness (QED) is 0.722. The molecule has 6 heteroatoms. The Balaban J connectivity index is 1.67. The molecule has 3 aromatic rings. The van der Waals surface area contributed by atoms with Gasteiger partial charge in [0.25, 0.3) is 5.91 Å². The number of fused-ring (bicyclic) bond motifs is 1. The monoisotopic (exact) mass is 371 g/mol. The molecule has 26 heavy (non-hydrogen) atoms. The molecule has 0 radical (unpaired) electrons. The molecule has 1 aliphatic rings. The van der Waals surface area contributed by atoms with E-state index < -0.39 is 0 Å². The molecule has 0 aliphatic heterocycles. The van der Waals surface area contributed by atoms with Gasteiger partial charge >= 0.3 is 0 Å². The molecule has 2 atom stereocenters. The Morgan fingerprint density at radius 3 is 2.85 bits per heavy atom. The zero-order valence-electron chi connectivity index (χ0n) is 15.0. The first kappa shape index (κ1) is 17.2. The second kappa shape index (κ2) is 6.83. The van der Waals surface area contributed by atoms with Crippen LogP contribution in [0, 0.1) is 11.7 Å². The van der Waals surface area contributed by atoms with Gasteiger partial charge in [0.15, 0.2) is 0 Å². The summed E-state index contributed by atoms with van der Waals surface area (Å²) in [6.45, 7) is 2.20. The number of benzene rings is 1. The fourth-order valence-electron chi connectivity index (χ4n) is 3.78. The summed E-state index contributed by atoms with van der Waals surface area (Å²) in [5.41, 5.74) is 1.05. The van der Waals surface area contributed by atoms with Crippen LogP contribution >= 0.6 is 11.3 Å². The summed E-state index contributed by atoms with van der Waals surface area (Å²) >= 11 is 1.41. The highest BCUT2D eigenvalue weighted by molar-refractivity contribution is 7.20. The van der Waals surface area contributed by atoms with Crippen LogP contribution in [0.2, 0.25) is 0 Å². The Morgan fingerprint density at radius 2 is 2.08 bits per heavy atom. The predicted octanol–water partition coefficient (Wildman–Crippen LogP) is 4.75. The summed E-state index contributed by atoms with van der Waals surface area (Å²) < 4.78 is 15.9. The number of aryl methyl sites for hydroxylation is 1. The van der Waals surface area contributed by atoms with E-state index in [2.05, 4.69) is 17.3 Å². The van der Waals surface area contributed by atoms with Gasteiger partial charge in [-0.05, 0) is 37.0 Å². The number of amides is 1. The van der Waals surface area contributed by atoms with Crippen LogP contribution in [0.15, 0.2) is 30.3 Å². The third kappa shape index (κ3) is 3.03. The van der Waals surface area contributed by atoms with E-state index in [0.29, 0.717) is 22.1 Å². The fraction of sp³-hybridized carbons (Fsp3) is 0.400. The van der Waals surface area contributed by atoms with E-state index in [-0.39, 0.29) is 17.8 Å². The summed E-state index contributed by atoms with van der Waals surface area (Å²) in [6, 6.07) is 8.70. The molecule has 1 aliphatic carbocycles. The second-order valence-electron chi connectivity index (χ2n) is 7.12. The molecule has 0 bridgehead atoms. The first-order chi connectivity index (χ1) is 12.5. The molecule has 4 rings (SSSR count). The van der Waals surface area contributed by atoms with Gasteiger partial charge in [-0.3, -0.25) is 9.48 Å². The van der Waals surface area contributed by atoms with Gasteiger partial charge in [-0.15, -0.1) is 11.3 Å². The Morgan fingerprint density at radius 1 is 1.31 bits per heavy atom. The second-order valence-corrected chi connectivity index (χ2v) is 8.15. The van der Waals surface area contributed by atoms with Crippen LogP contribution in [0.1, 0.15) is 42.3 Å². The van der Waals surface area contributed by atoms with Crippen molar-refractivity contribution in [2.75, 3.05) is 0 Å². The predicted molar refractivity (Wildman–Crippen MR) is 103 cm³/mol. The van der Waals surface area contributed by atoms with Gasteiger partial charge in [0.2, 0.25) is 0 Å². The molecule has 1 aromatic carbocycles. The lowest BCUT2D eigenvalue weighted by Gasteiger charge is -2.29. The highest BCUT2D eigenvalue weighted by Gasteiger charge is 2.25. The molecule has 2 heterocycles. The highest BCUT2D eigenvalue weighted by atomic mass is 32.1. The van der Waals surface area contributed by atoms with Crippen molar-refractivity contribution in [2.45, 2.75) is 38.6 Å². The summed E-state index contributed by atoms with van der Waals surface area (Å²) in [7, 11) is 1.83. The summed E-state index contributed by atoms with van der Waals surface area (Å²) in [6.07, 6.45) is 4.62. The molecular formula is C20H22FN3OS. The third-order valence-corrected chi connectivity index (χ3v) is 6.49. The normalized spacial score (nSPS) is 20.4. The molecule has 136 valence electrons. The molecule has 0 spiro atoms. The van der Waals surface area contributed by atoms with Crippen molar-refractivity contribution in [3.63, 3.8) is 0 Å². The number of thiophene rings is 1. The van der Waals surface area contributed by atoms with Gasteiger partial charge in [-0.1, -0.05) is 31.9 Å². The van der Waals surface area contributed by atoms with Gasteiger partial charge in [-0.25, -0.2) is 4.39 Å². The van der Waals surface area contributed by atoms with Gasteiger partial charge in [0.1, 0.15) is 16.3 Å². The van der Waals surface area contributed by atoms with Crippen molar-refractivity contribution >= 4 is 27.5 Å². The van der Waals surface area contributed by atoms with Crippen molar-refractivity contribution in [2.24, 2.45) is 13.0 Å². The van der Waals surface area contributed by atoms with Crippen LogP contribution in [0.5, 0.6) is 0 Å². The van der Waals surface area contributed by atoms with Gasteiger partial charge in [0.05, 0.1) is 4.88 Å². The molecule has 1 amide bonds. The van der Waals surface area contributed by atoms with Gasteiger partial charge in [-0.2, -0.15) is 5.10 Å². The van der Waals surface area contributed by atoms with E-state index in [9.17, 15) is 9.18 Å². The summed E-state index contributed by atoms with van der Waals surface area (Å²) in [5.74, 6) is 0.169. The van der Waals surface area contributed by atoms with E-state index in [1.165, 1.54) is 36.7 Å². The van der Waals surface area contributed by atoms with E-state index in [0.717, 1.165) is 16.6 Å². The molecular weight excluding hydrogens is 349 g/mol. The maximum Gasteiger partial charge on any atom is 0.261 e. The topological polar surface area (TPSA) is 46.9 Å². The Labute approximate surface area is 156 Å². The van der Waals surface area contributed by atoms with Crippen molar-refractivity contribution in [3.05, 3.63) is 41.0 Å². The average molecular weight is 371 g/mol. The van der Waals surface area contributed by atoms with Crippen LogP contribution < -0.4 is 5.32 Å². The number of aromatic nitrogens is 2. The number of hydrogen-bond acceptors (Lipinski definition) is 3. The zero-order chi connectivity index (χ0) is 18.3. The van der Waals surface area contributed by atoms with Crippen LogP contribution in [0.25, 0.3) is 21.5 Å². The van der Waals surface area contributed by atoms with E-state index in [4.69, 9.17) is 0 Å². The average Bonchev–Trinajstić information content (AvgIpc) is 3.19. The third-order valence-electron chi connectivity index (χ3n) is 5.29. The minimum atomic E-state index is -0.305. The lowest BCUT2D eigenvalue weighted by atomic mass is 9.86. The molecule has 4 nitrogen and oxygen atoms in total. The van der Waals surface area contributed by atoms with Gasteiger partial charge < -0.3 is 5.32 Å². The van der Waals surface area contributed by atoms with Crippen LogP contribution in [-0.2, 0) is 7.05 Å². The first-order valence-electron chi connectivity index (χ1n) is 9.07. The van der Waals surface area contributed by atoms with E-state index in [1.54, 1.807) is 22.9 Å². The molecule has 1 N–H and O–H groups in total. The maximum absolute atomic E-state index is 14.2. The molecule has 2 unspecified atom stereocenters. The Hall–Kier alpha value is -2.21. The van der Waals surface area contributed by atoms with E-state index >= 15 is 0 Å². The number of nitrogens with zero attached hydrogens (tertiary/aromatic N) is 2. The first-order valence-corrected chi connectivity index (χ1v) is 9.88. The summed E-state index contributed by atoms with van der Waals surface area (Å²) in [4.78, 5) is 14.3. The zero-order valence-corrected chi connectivity index (χ0v) is 15.8.